The van der Waals surface area contributed by atoms with Gasteiger partial charge in [-0.25, -0.2) is 4.98 Å². The van der Waals surface area contributed by atoms with Crippen molar-refractivity contribution in [3.05, 3.63) is 16.1 Å². The Morgan fingerprint density at radius 1 is 1.50 bits per heavy atom. The molecule has 0 aliphatic carbocycles. The summed E-state index contributed by atoms with van der Waals surface area (Å²) in [5.41, 5.74) is -0.213. The van der Waals surface area contributed by atoms with Crippen LogP contribution in [0.3, 0.4) is 0 Å². The molecule has 1 aromatic rings. The van der Waals surface area contributed by atoms with Gasteiger partial charge in [-0.3, -0.25) is 0 Å². The van der Waals surface area contributed by atoms with Crippen LogP contribution in [0.4, 0.5) is 0 Å². The minimum absolute atomic E-state index is 0.141. The van der Waals surface area contributed by atoms with Crippen LogP contribution < -0.4 is 0 Å². The monoisotopic (exact) mass is 214 g/mol. The van der Waals surface area contributed by atoms with Crippen LogP contribution in [-0.4, -0.2) is 35.7 Å². The van der Waals surface area contributed by atoms with E-state index in [1.54, 1.807) is 11.3 Å². The highest BCUT2D eigenvalue weighted by Crippen LogP contribution is 2.27. The van der Waals surface area contributed by atoms with Crippen molar-refractivity contribution in [3.8, 4) is 0 Å². The first-order chi connectivity index (χ1) is 6.45. The van der Waals surface area contributed by atoms with Gasteiger partial charge in [0, 0.05) is 23.0 Å². The smallest absolute Gasteiger partial charge is 0.101 e. The van der Waals surface area contributed by atoms with Gasteiger partial charge in [0.1, 0.15) is 5.01 Å². The van der Waals surface area contributed by atoms with Gasteiger partial charge in [-0.15, -0.1) is 11.3 Å². The molecule has 0 unspecified atom stereocenters. The highest BCUT2D eigenvalue weighted by Gasteiger charge is 2.23. The normalized spacial score (nSPS) is 12.4. The molecule has 0 radical (unpaired) electrons. The van der Waals surface area contributed by atoms with Gasteiger partial charge in [0.15, 0.2) is 0 Å². The van der Waals surface area contributed by atoms with Gasteiger partial charge >= 0.3 is 0 Å². The van der Waals surface area contributed by atoms with E-state index in [4.69, 9.17) is 0 Å². The second-order valence-electron chi connectivity index (χ2n) is 4.41. The third-order valence-corrected chi connectivity index (χ3v) is 3.35. The third-order valence-electron chi connectivity index (χ3n) is 2.00. The van der Waals surface area contributed by atoms with Gasteiger partial charge < -0.3 is 10.0 Å². The molecule has 0 saturated heterocycles. The Bertz CT molecular complexity index is 294. The van der Waals surface area contributed by atoms with E-state index in [0.717, 1.165) is 11.6 Å². The number of aliphatic hydroxyl groups excluding tert-OH is 1. The van der Waals surface area contributed by atoms with Crippen molar-refractivity contribution in [2.75, 3.05) is 20.7 Å². The second kappa shape index (κ2) is 4.38. The molecule has 3 nitrogen and oxygen atoms in total. The summed E-state index contributed by atoms with van der Waals surface area (Å²) in [6, 6.07) is 0. The summed E-state index contributed by atoms with van der Waals surface area (Å²) in [7, 11) is 4.08. The van der Waals surface area contributed by atoms with E-state index in [9.17, 15) is 5.11 Å². The number of aliphatic hydroxyl groups is 1. The number of nitrogens with zero attached hydrogens (tertiary/aromatic N) is 2. The number of hydrogen-bond acceptors (Lipinski definition) is 4. The summed E-state index contributed by atoms with van der Waals surface area (Å²) in [6.07, 6.45) is 1.90. The average Bonchev–Trinajstić information content (AvgIpc) is 2.52. The van der Waals surface area contributed by atoms with Crippen LogP contribution in [0.2, 0.25) is 0 Å². The van der Waals surface area contributed by atoms with E-state index >= 15 is 0 Å². The van der Waals surface area contributed by atoms with Gasteiger partial charge in [-0.05, 0) is 14.1 Å². The van der Waals surface area contributed by atoms with Crippen LogP contribution in [-0.2, 0) is 12.0 Å². The Hall–Kier alpha value is -0.450. The Kier molecular flexibility index (Phi) is 3.64. The molecule has 1 aromatic heterocycles. The van der Waals surface area contributed by atoms with Crippen molar-refractivity contribution in [1.29, 1.82) is 0 Å². The molecule has 14 heavy (non-hydrogen) atoms. The van der Waals surface area contributed by atoms with Crippen molar-refractivity contribution in [3.63, 3.8) is 0 Å². The predicted molar refractivity (Wildman–Crippen MR) is 59.6 cm³/mol. The molecule has 0 saturated carbocycles. The zero-order valence-corrected chi connectivity index (χ0v) is 10.1. The van der Waals surface area contributed by atoms with Gasteiger partial charge in [0.25, 0.3) is 0 Å². The van der Waals surface area contributed by atoms with E-state index in [0.29, 0.717) is 0 Å². The zero-order chi connectivity index (χ0) is 10.8. The fraction of sp³-hybridized carbons (Fsp3) is 0.700. The third kappa shape index (κ3) is 2.77. The number of aromatic nitrogens is 1. The molecular weight excluding hydrogens is 196 g/mol. The van der Waals surface area contributed by atoms with Crippen LogP contribution in [0, 0.1) is 0 Å². The van der Waals surface area contributed by atoms with Crippen molar-refractivity contribution in [2.24, 2.45) is 0 Å². The maximum Gasteiger partial charge on any atom is 0.101 e. The average molecular weight is 214 g/mol. The largest absolute Gasteiger partial charge is 0.395 e. The Labute approximate surface area is 89.4 Å². The fourth-order valence-electron chi connectivity index (χ4n) is 1.07. The van der Waals surface area contributed by atoms with Gasteiger partial charge in [0.2, 0.25) is 0 Å². The molecule has 0 aliphatic rings. The molecule has 0 atom stereocenters. The molecule has 1 N–H and O–H groups in total. The fourth-order valence-corrected chi connectivity index (χ4v) is 2.20. The van der Waals surface area contributed by atoms with Gasteiger partial charge in [-0.1, -0.05) is 13.8 Å². The van der Waals surface area contributed by atoms with Crippen LogP contribution >= 0.6 is 11.3 Å². The summed E-state index contributed by atoms with van der Waals surface area (Å²) in [5.74, 6) is 0. The summed E-state index contributed by atoms with van der Waals surface area (Å²) >= 11 is 1.68. The van der Waals surface area contributed by atoms with Crippen molar-refractivity contribution < 1.29 is 5.11 Å². The van der Waals surface area contributed by atoms with Gasteiger partial charge in [-0.2, -0.15) is 0 Å². The molecule has 0 fully saturated rings. The summed E-state index contributed by atoms with van der Waals surface area (Å²) < 4.78 is 0. The van der Waals surface area contributed by atoms with Crippen molar-refractivity contribution >= 4 is 11.3 Å². The summed E-state index contributed by atoms with van der Waals surface area (Å²) in [6.45, 7) is 5.07. The van der Waals surface area contributed by atoms with E-state index in [2.05, 4.69) is 9.88 Å². The quantitative estimate of drug-likeness (QED) is 0.824. The topological polar surface area (TPSA) is 36.4 Å². The van der Waals surface area contributed by atoms with Crippen LogP contribution in [0.25, 0.3) is 0 Å². The molecule has 0 amide bonds. The number of hydrogen-bond donors (Lipinski definition) is 1. The lowest BCUT2D eigenvalue weighted by Crippen LogP contribution is -2.21. The standard InChI is InChI=1S/C10H18N2OS/c1-10(2,7-13)9-11-5-8(14-9)6-12(3)4/h5,13H,6-7H2,1-4H3. The van der Waals surface area contributed by atoms with Crippen molar-refractivity contribution in [2.45, 2.75) is 25.8 Å². The Balaban J connectivity index is 2.77. The molecule has 0 spiro atoms. The van der Waals surface area contributed by atoms with Crippen LogP contribution in [0.5, 0.6) is 0 Å². The molecule has 0 aromatic carbocycles. The lowest BCUT2D eigenvalue weighted by molar-refractivity contribution is 0.218. The van der Waals surface area contributed by atoms with Crippen LogP contribution in [0.1, 0.15) is 23.7 Å². The Morgan fingerprint density at radius 2 is 2.14 bits per heavy atom. The summed E-state index contributed by atoms with van der Waals surface area (Å²) in [4.78, 5) is 7.70. The number of thiazole rings is 1. The first kappa shape index (κ1) is 11.6. The highest BCUT2D eigenvalue weighted by molar-refractivity contribution is 7.11. The molecule has 4 heteroatoms. The molecular formula is C10H18N2OS. The van der Waals surface area contributed by atoms with Gasteiger partial charge in [0.05, 0.1) is 6.61 Å². The maximum atomic E-state index is 9.19. The molecule has 0 bridgehead atoms. The van der Waals surface area contributed by atoms with Crippen molar-refractivity contribution in [1.82, 2.24) is 9.88 Å². The van der Waals surface area contributed by atoms with E-state index in [-0.39, 0.29) is 12.0 Å². The molecule has 1 rings (SSSR count). The maximum absolute atomic E-state index is 9.19. The first-order valence-electron chi connectivity index (χ1n) is 4.66. The van der Waals surface area contributed by atoms with E-state index < -0.39 is 0 Å². The van der Waals surface area contributed by atoms with Crippen LogP contribution in [0.15, 0.2) is 6.20 Å². The molecule has 1 heterocycles. The predicted octanol–water partition coefficient (Wildman–Crippen LogP) is 1.47. The lowest BCUT2D eigenvalue weighted by Gasteiger charge is -2.17. The SMILES string of the molecule is CN(C)Cc1cnc(C(C)(C)CO)s1. The lowest BCUT2D eigenvalue weighted by atomic mass is 9.96. The minimum atomic E-state index is -0.213. The summed E-state index contributed by atoms with van der Waals surface area (Å²) in [5, 5.41) is 10.2. The highest BCUT2D eigenvalue weighted by atomic mass is 32.1. The molecule has 80 valence electrons. The zero-order valence-electron chi connectivity index (χ0n) is 9.24. The molecule has 0 aliphatic heterocycles. The minimum Gasteiger partial charge on any atom is -0.395 e. The second-order valence-corrected chi connectivity index (χ2v) is 5.53. The van der Waals surface area contributed by atoms with E-state index in [1.807, 2.05) is 34.1 Å². The van der Waals surface area contributed by atoms with E-state index in [1.165, 1.54) is 4.88 Å². The number of rotatable bonds is 4. The first-order valence-corrected chi connectivity index (χ1v) is 5.48. The Morgan fingerprint density at radius 3 is 2.64 bits per heavy atom.